The first-order valence-electron chi connectivity index (χ1n) is 6.73. The van der Waals surface area contributed by atoms with E-state index in [0.29, 0.717) is 16.3 Å². The van der Waals surface area contributed by atoms with Gasteiger partial charge in [0.15, 0.2) is 0 Å². The van der Waals surface area contributed by atoms with Gasteiger partial charge in [-0.15, -0.1) is 11.8 Å². The zero-order chi connectivity index (χ0) is 16.1. The van der Waals surface area contributed by atoms with E-state index in [1.165, 1.54) is 6.07 Å². The number of ether oxygens (including phenoxy) is 1. The lowest BCUT2D eigenvalue weighted by atomic mass is 10.1. The van der Waals surface area contributed by atoms with Crippen molar-refractivity contribution in [2.75, 3.05) is 6.61 Å². The summed E-state index contributed by atoms with van der Waals surface area (Å²) in [4.78, 5) is 31.0. The Hall–Kier alpha value is -2.02. The molecule has 22 heavy (non-hydrogen) atoms. The molecule has 0 N–H and O–H groups in total. The van der Waals surface area contributed by atoms with Crippen LogP contribution in [0.2, 0.25) is 0 Å². The van der Waals surface area contributed by atoms with E-state index in [0.717, 1.165) is 11.8 Å². The summed E-state index contributed by atoms with van der Waals surface area (Å²) in [5.41, 5.74) is 0.819. The molecule has 0 saturated carbocycles. The molecular weight excluding hydrogens is 307 g/mol. The van der Waals surface area contributed by atoms with Crippen LogP contribution in [-0.2, 0) is 15.3 Å². The van der Waals surface area contributed by atoms with Gasteiger partial charge in [0.1, 0.15) is 11.7 Å². The van der Waals surface area contributed by atoms with Crippen LogP contribution in [0.1, 0.15) is 19.4 Å². The predicted octanol–water partition coefficient (Wildman–Crippen LogP) is 3.23. The molecule has 116 valence electrons. The highest BCUT2D eigenvalue weighted by Gasteiger charge is 2.33. The van der Waals surface area contributed by atoms with E-state index in [2.05, 4.69) is 9.98 Å². The van der Waals surface area contributed by atoms with Crippen molar-refractivity contribution in [2.45, 2.75) is 19.6 Å². The number of amides is 2. The SMILES string of the molecule is CCOC(=O)C1C(C)=NC(=O)N=C1SCc1ccccc1F. The summed E-state index contributed by atoms with van der Waals surface area (Å²) in [5, 5.41) is 0.291. The maximum absolute atomic E-state index is 13.6. The van der Waals surface area contributed by atoms with Crippen LogP contribution in [0.5, 0.6) is 0 Å². The molecule has 1 aromatic rings. The van der Waals surface area contributed by atoms with E-state index in [-0.39, 0.29) is 18.2 Å². The van der Waals surface area contributed by atoms with Gasteiger partial charge in [0.2, 0.25) is 0 Å². The lowest BCUT2D eigenvalue weighted by Gasteiger charge is -2.19. The van der Waals surface area contributed by atoms with Crippen LogP contribution >= 0.6 is 11.8 Å². The summed E-state index contributed by atoms with van der Waals surface area (Å²) < 4.78 is 18.6. The summed E-state index contributed by atoms with van der Waals surface area (Å²) in [6.07, 6.45) is 0. The van der Waals surface area contributed by atoms with Crippen LogP contribution in [0.15, 0.2) is 34.3 Å². The van der Waals surface area contributed by atoms with E-state index < -0.39 is 17.9 Å². The summed E-state index contributed by atoms with van der Waals surface area (Å²) in [7, 11) is 0. The number of carbonyl (C=O) groups is 2. The lowest BCUT2D eigenvalue weighted by Crippen LogP contribution is -2.34. The van der Waals surface area contributed by atoms with Gasteiger partial charge >= 0.3 is 12.0 Å². The molecule has 1 atom stereocenters. The van der Waals surface area contributed by atoms with Crippen LogP contribution in [0, 0.1) is 11.7 Å². The van der Waals surface area contributed by atoms with Crippen LogP contribution in [0.4, 0.5) is 9.18 Å². The zero-order valence-electron chi connectivity index (χ0n) is 12.2. The standard InChI is InChI=1S/C15H15FN2O3S/c1-3-21-14(19)12-9(2)17-15(20)18-13(12)22-8-10-6-4-5-7-11(10)16/h4-7,12H,3,8H2,1-2H3. The molecule has 0 fully saturated rings. The molecule has 7 heteroatoms. The Morgan fingerprint density at radius 1 is 1.36 bits per heavy atom. The van der Waals surface area contributed by atoms with Crippen molar-refractivity contribution < 1.29 is 18.7 Å². The van der Waals surface area contributed by atoms with Crippen LogP contribution in [0.25, 0.3) is 0 Å². The normalized spacial score (nSPS) is 17.8. The second-order valence-corrected chi connectivity index (χ2v) is 5.55. The molecule has 1 aromatic carbocycles. The highest BCUT2D eigenvalue weighted by molar-refractivity contribution is 8.13. The fraction of sp³-hybridized carbons (Fsp3) is 0.333. The third-order valence-electron chi connectivity index (χ3n) is 3.00. The fourth-order valence-electron chi connectivity index (χ4n) is 1.96. The lowest BCUT2D eigenvalue weighted by molar-refractivity contribution is -0.143. The third-order valence-corrected chi connectivity index (χ3v) is 4.08. The number of benzene rings is 1. The zero-order valence-corrected chi connectivity index (χ0v) is 13.0. The Morgan fingerprint density at radius 3 is 2.77 bits per heavy atom. The van der Waals surface area contributed by atoms with Gasteiger partial charge in [-0.1, -0.05) is 18.2 Å². The number of halogens is 1. The molecule has 1 unspecified atom stereocenters. The average molecular weight is 322 g/mol. The Morgan fingerprint density at radius 2 is 2.09 bits per heavy atom. The Kier molecular flexibility index (Phi) is 5.43. The monoisotopic (exact) mass is 322 g/mol. The van der Waals surface area contributed by atoms with Crippen LogP contribution in [0.3, 0.4) is 0 Å². The van der Waals surface area contributed by atoms with Gasteiger partial charge in [-0.3, -0.25) is 4.79 Å². The van der Waals surface area contributed by atoms with Gasteiger partial charge in [0.05, 0.1) is 11.7 Å². The minimum Gasteiger partial charge on any atom is -0.465 e. The molecule has 1 heterocycles. The smallest absolute Gasteiger partial charge is 0.367 e. The number of urea groups is 1. The molecule has 2 rings (SSSR count). The van der Waals surface area contributed by atoms with Crippen molar-refractivity contribution in [3.63, 3.8) is 0 Å². The van der Waals surface area contributed by atoms with Crippen molar-refractivity contribution in [1.29, 1.82) is 0 Å². The summed E-state index contributed by atoms with van der Waals surface area (Å²) in [5.74, 6) is -1.37. The Balaban J connectivity index is 2.17. The van der Waals surface area contributed by atoms with Gasteiger partial charge < -0.3 is 4.74 Å². The second kappa shape index (κ2) is 7.31. The molecule has 5 nitrogen and oxygen atoms in total. The molecule has 0 radical (unpaired) electrons. The maximum atomic E-state index is 13.6. The molecule has 1 aliphatic rings. The van der Waals surface area contributed by atoms with Crippen molar-refractivity contribution in [3.05, 3.63) is 35.6 Å². The highest BCUT2D eigenvalue weighted by atomic mass is 32.2. The number of aliphatic imine (C=N–C) groups is 2. The molecule has 0 spiro atoms. The fourth-order valence-corrected chi connectivity index (χ4v) is 3.07. The van der Waals surface area contributed by atoms with Crippen molar-refractivity contribution in [2.24, 2.45) is 15.9 Å². The van der Waals surface area contributed by atoms with E-state index in [1.807, 2.05) is 0 Å². The molecular formula is C15H15FN2O3S. The number of rotatable bonds is 4. The highest BCUT2D eigenvalue weighted by Crippen LogP contribution is 2.25. The number of esters is 1. The summed E-state index contributed by atoms with van der Waals surface area (Å²) in [6, 6.07) is 5.67. The topological polar surface area (TPSA) is 68.1 Å². The molecule has 0 bridgehead atoms. The number of hydrogen-bond acceptors (Lipinski definition) is 4. The average Bonchev–Trinajstić information content (AvgIpc) is 2.46. The Labute approximate surface area is 131 Å². The first-order chi connectivity index (χ1) is 10.5. The third kappa shape index (κ3) is 3.79. The van der Waals surface area contributed by atoms with Crippen molar-refractivity contribution in [3.8, 4) is 0 Å². The number of thioether (sulfide) groups is 1. The van der Waals surface area contributed by atoms with Gasteiger partial charge in [0.25, 0.3) is 0 Å². The first-order valence-corrected chi connectivity index (χ1v) is 7.72. The Bertz CT molecular complexity index is 658. The molecule has 0 aliphatic carbocycles. The molecule has 2 amide bonds. The van der Waals surface area contributed by atoms with Gasteiger partial charge in [0, 0.05) is 11.5 Å². The molecule has 0 saturated heterocycles. The van der Waals surface area contributed by atoms with Crippen LogP contribution in [-0.4, -0.2) is 29.4 Å². The largest absolute Gasteiger partial charge is 0.465 e. The number of hydrogen-bond donors (Lipinski definition) is 0. The van der Waals surface area contributed by atoms with E-state index in [4.69, 9.17) is 4.74 Å². The minimum absolute atomic E-state index is 0.224. The van der Waals surface area contributed by atoms with Crippen molar-refractivity contribution in [1.82, 2.24) is 0 Å². The predicted molar refractivity (Wildman–Crippen MR) is 83.8 cm³/mol. The minimum atomic E-state index is -0.797. The van der Waals surface area contributed by atoms with Crippen molar-refractivity contribution >= 4 is 34.5 Å². The second-order valence-electron chi connectivity index (χ2n) is 4.55. The van der Waals surface area contributed by atoms with Gasteiger partial charge in [-0.2, -0.15) is 9.98 Å². The van der Waals surface area contributed by atoms with Crippen LogP contribution < -0.4 is 0 Å². The van der Waals surface area contributed by atoms with Gasteiger partial charge in [-0.25, -0.2) is 9.18 Å². The molecule has 1 aliphatic heterocycles. The van der Waals surface area contributed by atoms with E-state index in [9.17, 15) is 14.0 Å². The summed E-state index contributed by atoms with van der Waals surface area (Å²) in [6.45, 7) is 3.50. The summed E-state index contributed by atoms with van der Waals surface area (Å²) >= 11 is 1.14. The van der Waals surface area contributed by atoms with E-state index >= 15 is 0 Å². The quantitative estimate of drug-likeness (QED) is 0.798. The maximum Gasteiger partial charge on any atom is 0.367 e. The number of carbonyl (C=O) groups excluding carboxylic acids is 2. The molecule has 0 aromatic heterocycles. The van der Waals surface area contributed by atoms with Gasteiger partial charge in [-0.05, 0) is 25.5 Å². The number of nitrogens with zero attached hydrogens (tertiary/aromatic N) is 2. The van der Waals surface area contributed by atoms with E-state index in [1.54, 1.807) is 32.0 Å². The first kappa shape index (κ1) is 16.4.